The van der Waals surface area contributed by atoms with E-state index in [2.05, 4.69) is 19.9 Å². The number of amides is 1. The van der Waals surface area contributed by atoms with E-state index in [1.165, 1.54) is 5.57 Å². The Labute approximate surface area is 174 Å². The lowest BCUT2D eigenvalue weighted by Gasteiger charge is -2.46. The smallest absolute Gasteiger partial charge is 0.254 e. The Kier molecular flexibility index (Phi) is 5.92. The molecule has 1 spiro atoms. The van der Waals surface area contributed by atoms with Crippen molar-refractivity contribution in [3.8, 4) is 0 Å². The van der Waals surface area contributed by atoms with Crippen molar-refractivity contribution >= 4 is 17.5 Å². The van der Waals surface area contributed by atoms with E-state index in [4.69, 9.17) is 4.74 Å². The highest BCUT2D eigenvalue weighted by atomic mass is 16.5. The zero-order valence-electron chi connectivity index (χ0n) is 18.8. The molecular weight excluding hydrogens is 366 g/mol. The molecule has 29 heavy (non-hydrogen) atoms. The number of allylic oxidation sites excluding steroid dienone is 4. The number of piperidine rings is 1. The molecule has 0 radical (unpaired) electrons. The van der Waals surface area contributed by atoms with Gasteiger partial charge in [-0.1, -0.05) is 24.1 Å². The summed E-state index contributed by atoms with van der Waals surface area (Å²) in [7, 11) is 1.54. The van der Waals surface area contributed by atoms with E-state index in [0.717, 1.165) is 17.6 Å². The van der Waals surface area contributed by atoms with Gasteiger partial charge >= 0.3 is 0 Å². The molecule has 0 aromatic rings. The van der Waals surface area contributed by atoms with Gasteiger partial charge < -0.3 is 9.64 Å². The van der Waals surface area contributed by atoms with Crippen molar-refractivity contribution in [2.75, 3.05) is 20.2 Å². The summed E-state index contributed by atoms with van der Waals surface area (Å²) in [4.78, 5) is 40.9. The molecule has 160 valence electrons. The molecular formula is C24H35NO4. The molecule has 1 unspecified atom stereocenters. The lowest BCUT2D eigenvalue weighted by atomic mass is 9.61. The highest BCUT2D eigenvalue weighted by molar-refractivity contribution is 6.08. The second-order valence-corrected chi connectivity index (χ2v) is 9.96. The molecule has 0 aromatic heterocycles. The lowest BCUT2D eigenvalue weighted by molar-refractivity contribution is -0.154. The Balaban J connectivity index is 1.73. The Hall–Kier alpha value is -1.75. The molecule has 1 aliphatic heterocycles. The van der Waals surface area contributed by atoms with Gasteiger partial charge in [-0.05, 0) is 63.9 Å². The number of ketones is 2. The number of hydrogen-bond acceptors (Lipinski definition) is 4. The van der Waals surface area contributed by atoms with Crippen LogP contribution in [-0.4, -0.2) is 48.2 Å². The van der Waals surface area contributed by atoms with Crippen LogP contribution in [-0.2, 0) is 19.1 Å². The maximum absolute atomic E-state index is 13.2. The Morgan fingerprint density at radius 1 is 1.14 bits per heavy atom. The van der Waals surface area contributed by atoms with Crippen LogP contribution in [0.4, 0.5) is 0 Å². The van der Waals surface area contributed by atoms with Gasteiger partial charge in [0, 0.05) is 33.0 Å². The maximum Gasteiger partial charge on any atom is 0.254 e. The molecule has 0 N–H and O–H groups in total. The SMILES string of the molecule is COC(C)(C)C(=O)N1CCC2(CC1)CC(=O)C(C1=C(C)C=C(C)CC1C)C(=O)C2. The van der Waals surface area contributed by atoms with E-state index in [1.807, 2.05) is 11.8 Å². The molecule has 1 heterocycles. The van der Waals surface area contributed by atoms with Crippen molar-refractivity contribution in [1.29, 1.82) is 0 Å². The summed E-state index contributed by atoms with van der Waals surface area (Å²) in [6, 6.07) is 0. The third-order valence-corrected chi connectivity index (χ3v) is 7.27. The predicted molar refractivity (Wildman–Crippen MR) is 112 cm³/mol. The van der Waals surface area contributed by atoms with E-state index in [0.29, 0.717) is 38.8 Å². The van der Waals surface area contributed by atoms with Gasteiger partial charge in [-0.25, -0.2) is 0 Å². The first-order valence-corrected chi connectivity index (χ1v) is 10.8. The van der Waals surface area contributed by atoms with Gasteiger partial charge in [0.05, 0.1) is 5.92 Å². The number of Topliss-reactive ketones (excluding diaryl/α,β-unsaturated/α-hetero) is 2. The first-order chi connectivity index (χ1) is 13.5. The van der Waals surface area contributed by atoms with Crippen LogP contribution in [0.3, 0.4) is 0 Å². The Bertz CT molecular complexity index is 761. The van der Waals surface area contributed by atoms with Crippen LogP contribution < -0.4 is 0 Å². The first kappa shape index (κ1) is 21.9. The van der Waals surface area contributed by atoms with Gasteiger partial charge in [-0.3, -0.25) is 14.4 Å². The predicted octanol–water partition coefficient (Wildman–Crippen LogP) is 3.87. The Morgan fingerprint density at radius 3 is 2.17 bits per heavy atom. The lowest BCUT2D eigenvalue weighted by Crippen LogP contribution is -2.53. The standard InChI is InChI=1S/C24H35NO4/c1-15-11-16(2)20(17(3)12-15)21-18(26)13-24(14-19(21)27)7-9-25(10-8-24)22(28)23(4,5)29-6/h11,17,21H,7-10,12-14H2,1-6H3. The molecule has 5 nitrogen and oxygen atoms in total. The Morgan fingerprint density at radius 2 is 1.69 bits per heavy atom. The van der Waals surface area contributed by atoms with E-state index in [1.54, 1.807) is 21.0 Å². The third-order valence-electron chi connectivity index (χ3n) is 7.27. The van der Waals surface area contributed by atoms with E-state index in [-0.39, 0.29) is 28.8 Å². The van der Waals surface area contributed by atoms with E-state index >= 15 is 0 Å². The fourth-order valence-electron chi connectivity index (χ4n) is 5.54. The van der Waals surface area contributed by atoms with Crippen molar-refractivity contribution in [3.63, 3.8) is 0 Å². The zero-order valence-corrected chi connectivity index (χ0v) is 18.8. The fourth-order valence-corrected chi connectivity index (χ4v) is 5.54. The van der Waals surface area contributed by atoms with Crippen LogP contribution in [0.25, 0.3) is 0 Å². The van der Waals surface area contributed by atoms with Gasteiger partial charge in [-0.2, -0.15) is 0 Å². The minimum atomic E-state index is -0.847. The van der Waals surface area contributed by atoms with E-state index < -0.39 is 11.5 Å². The molecule has 2 aliphatic carbocycles. The van der Waals surface area contributed by atoms with Crippen molar-refractivity contribution in [3.05, 3.63) is 22.8 Å². The largest absolute Gasteiger partial charge is 0.369 e. The summed E-state index contributed by atoms with van der Waals surface area (Å²) in [5.41, 5.74) is 2.31. The molecule has 0 aromatic carbocycles. The number of carbonyl (C=O) groups excluding carboxylic acids is 3. The van der Waals surface area contributed by atoms with Gasteiger partial charge in [0.2, 0.25) is 0 Å². The topological polar surface area (TPSA) is 63.7 Å². The molecule has 1 saturated carbocycles. The summed E-state index contributed by atoms with van der Waals surface area (Å²) in [6.45, 7) is 11.0. The number of carbonyl (C=O) groups is 3. The van der Waals surface area contributed by atoms with Gasteiger partial charge in [0.15, 0.2) is 0 Å². The molecule has 3 rings (SSSR count). The minimum Gasteiger partial charge on any atom is -0.369 e. The van der Waals surface area contributed by atoms with Crippen LogP contribution in [0.2, 0.25) is 0 Å². The van der Waals surface area contributed by atoms with Gasteiger partial charge in [0.25, 0.3) is 5.91 Å². The molecule has 3 aliphatic rings. The zero-order chi connectivity index (χ0) is 21.6. The van der Waals surface area contributed by atoms with Crippen molar-refractivity contribution < 1.29 is 19.1 Å². The summed E-state index contributed by atoms with van der Waals surface area (Å²) < 4.78 is 5.32. The second-order valence-electron chi connectivity index (χ2n) is 9.96. The number of ether oxygens (including phenoxy) is 1. The molecule has 2 fully saturated rings. The number of hydrogen-bond donors (Lipinski definition) is 0. The first-order valence-electron chi connectivity index (χ1n) is 10.8. The summed E-state index contributed by atoms with van der Waals surface area (Å²) in [6.07, 6.45) is 5.35. The third kappa shape index (κ3) is 4.11. The van der Waals surface area contributed by atoms with Crippen molar-refractivity contribution in [2.24, 2.45) is 17.3 Å². The van der Waals surface area contributed by atoms with E-state index in [9.17, 15) is 14.4 Å². The summed E-state index contributed by atoms with van der Waals surface area (Å²) >= 11 is 0. The molecule has 1 saturated heterocycles. The molecule has 1 amide bonds. The van der Waals surface area contributed by atoms with Crippen LogP contribution >= 0.6 is 0 Å². The number of nitrogens with zero attached hydrogens (tertiary/aromatic N) is 1. The van der Waals surface area contributed by atoms with Crippen LogP contribution in [0.5, 0.6) is 0 Å². The monoisotopic (exact) mass is 401 g/mol. The highest BCUT2D eigenvalue weighted by Gasteiger charge is 2.49. The highest BCUT2D eigenvalue weighted by Crippen LogP contribution is 2.47. The summed E-state index contributed by atoms with van der Waals surface area (Å²) in [5.74, 6) is -0.199. The average Bonchev–Trinajstić information content (AvgIpc) is 2.63. The van der Waals surface area contributed by atoms with Crippen LogP contribution in [0.15, 0.2) is 22.8 Å². The molecule has 0 bridgehead atoms. The van der Waals surface area contributed by atoms with Crippen molar-refractivity contribution in [2.45, 2.75) is 72.3 Å². The quantitative estimate of drug-likeness (QED) is 0.674. The number of rotatable bonds is 3. The van der Waals surface area contributed by atoms with Gasteiger partial charge in [-0.15, -0.1) is 0 Å². The van der Waals surface area contributed by atoms with Crippen LogP contribution in [0.1, 0.15) is 66.7 Å². The molecule has 1 atom stereocenters. The fraction of sp³-hybridized carbons (Fsp3) is 0.708. The van der Waals surface area contributed by atoms with Crippen molar-refractivity contribution in [1.82, 2.24) is 4.90 Å². The normalized spacial score (nSPS) is 26.2. The minimum absolute atomic E-state index is 0.0276. The average molecular weight is 402 g/mol. The number of methoxy groups -OCH3 is 1. The summed E-state index contributed by atoms with van der Waals surface area (Å²) in [5, 5.41) is 0. The second kappa shape index (κ2) is 7.82. The number of likely N-dealkylation sites (tertiary alicyclic amines) is 1. The van der Waals surface area contributed by atoms with Crippen LogP contribution in [0, 0.1) is 17.3 Å². The molecule has 5 heteroatoms. The van der Waals surface area contributed by atoms with Gasteiger partial charge in [0.1, 0.15) is 17.2 Å². The maximum atomic E-state index is 13.2.